The zero-order valence-corrected chi connectivity index (χ0v) is 25.9. The third-order valence-corrected chi connectivity index (χ3v) is 8.62. The average Bonchev–Trinajstić information content (AvgIpc) is 3.86. The van der Waals surface area contributed by atoms with E-state index in [1.807, 2.05) is 91.0 Å². The van der Waals surface area contributed by atoms with Gasteiger partial charge in [-0.2, -0.15) is 0 Å². The summed E-state index contributed by atoms with van der Waals surface area (Å²) < 4.78 is 114. The Bertz CT molecular complexity index is 3520. The summed E-state index contributed by atoms with van der Waals surface area (Å²) in [6, 6.07) is 22.4. The normalized spacial score (nSPS) is 15.0. The molecular weight excluding hydrogens is 613 g/mol. The van der Waals surface area contributed by atoms with Gasteiger partial charge in [-0.25, -0.2) is 15.0 Å². The lowest BCUT2D eigenvalue weighted by molar-refractivity contribution is 0.669. The Hall–Kier alpha value is -6.85. The van der Waals surface area contributed by atoms with E-state index in [-0.39, 0.29) is 44.8 Å². The highest BCUT2D eigenvalue weighted by atomic mass is 16.3. The van der Waals surface area contributed by atoms with Gasteiger partial charge in [0.25, 0.3) is 0 Å². The number of rotatable bonds is 5. The smallest absolute Gasteiger partial charge is 0.164 e. The Morgan fingerprint density at radius 1 is 0.460 bits per heavy atom. The van der Waals surface area contributed by atoms with Gasteiger partial charge in [0.2, 0.25) is 0 Å². The lowest BCUT2D eigenvalue weighted by Crippen LogP contribution is -2.00. The molecule has 234 valence electrons. The fourth-order valence-electron chi connectivity index (χ4n) is 6.35. The van der Waals surface area contributed by atoms with E-state index in [1.165, 1.54) is 0 Å². The average molecular weight is 653 g/mol. The lowest BCUT2D eigenvalue weighted by Gasteiger charge is -2.11. The van der Waals surface area contributed by atoms with Gasteiger partial charge in [0.05, 0.1) is 27.5 Å². The molecule has 0 radical (unpaired) electrons. The van der Waals surface area contributed by atoms with Crippen molar-refractivity contribution >= 4 is 43.7 Å². The zero-order valence-electron chi connectivity index (χ0n) is 37.9. The van der Waals surface area contributed by atoms with Crippen LogP contribution in [0.2, 0.25) is 0 Å². The molecule has 5 heteroatoms. The van der Waals surface area contributed by atoms with E-state index >= 15 is 0 Å². The van der Waals surface area contributed by atoms with Crippen molar-refractivity contribution in [1.29, 1.82) is 0 Å². The lowest BCUT2D eigenvalue weighted by atomic mass is 10.0. The van der Waals surface area contributed by atoms with Crippen LogP contribution < -0.4 is 0 Å². The van der Waals surface area contributed by atoms with Crippen molar-refractivity contribution in [1.82, 2.24) is 19.5 Å². The Balaban J connectivity index is 1.32. The van der Waals surface area contributed by atoms with E-state index in [4.69, 9.17) is 31.7 Å². The van der Waals surface area contributed by atoms with Crippen LogP contribution in [0.5, 0.6) is 0 Å². The second-order valence-electron chi connectivity index (χ2n) is 11.5. The number of fused-ring (bicyclic) bond motifs is 6. The van der Waals surface area contributed by atoms with Gasteiger partial charge in [-0.3, -0.25) is 0 Å². The summed E-state index contributed by atoms with van der Waals surface area (Å²) >= 11 is 0. The van der Waals surface area contributed by atoms with Gasteiger partial charge >= 0.3 is 0 Å². The summed E-state index contributed by atoms with van der Waals surface area (Å²) in [6.07, 6.45) is 0. The molecule has 0 amide bonds. The van der Waals surface area contributed by atoms with Crippen molar-refractivity contribution in [3.8, 4) is 51.0 Å². The van der Waals surface area contributed by atoms with Crippen LogP contribution in [-0.2, 0) is 0 Å². The Labute approximate surface area is 304 Å². The molecule has 3 aromatic heterocycles. The van der Waals surface area contributed by atoms with Crippen LogP contribution in [-0.4, -0.2) is 19.5 Å². The van der Waals surface area contributed by atoms with Crippen molar-refractivity contribution in [3.63, 3.8) is 0 Å². The monoisotopic (exact) mass is 652 g/mol. The van der Waals surface area contributed by atoms with Crippen LogP contribution in [0, 0.1) is 0 Å². The Morgan fingerprint density at radius 3 is 1.98 bits per heavy atom. The van der Waals surface area contributed by atoms with Gasteiger partial charge in [-0.1, -0.05) is 121 Å². The van der Waals surface area contributed by atoms with Crippen molar-refractivity contribution in [2.45, 2.75) is 0 Å². The van der Waals surface area contributed by atoms with E-state index in [1.54, 1.807) is 6.07 Å². The molecule has 0 aliphatic heterocycles. The highest BCUT2D eigenvalue weighted by Crippen LogP contribution is 2.38. The third kappa shape index (κ3) is 4.60. The summed E-state index contributed by atoms with van der Waals surface area (Å²) in [5, 5.41) is 1.02. The molecule has 0 atom stereocenters. The van der Waals surface area contributed by atoms with Crippen molar-refractivity contribution < 1.29 is 20.9 Å². The molecule has 50 heavy (non-hydrogen) atoms. The first-order valence-corrected chi connectivity index (χ1v) is 15.7. The molecule has 0 unspecified atom stereocenters. The molecule has 3 heterocycles. The maximum absolute atomic E-state index is 9.79. The van der Waals surface area contributed by atoms with Crippen molar-refractivity contribution in [2.75, 3.05) is 0 Å². The number of benzene rings is 7. The predicted molar refractivity (Wildman–Crippen MR) is 203 cm³/mol. The van der Waals surface area contributed by atoms with Crippen molar-refractivity contribution in [2.24, 2.45) is 0 Å². The number of para-hydroxylation sites is 3. The van der Waals surface area contributed by atoms with Crippen LogP contribution in [0.4, 0.5) is 0 Å². The largest absolute Gasteiger partial charge is 0.456 e. The summed E-state index contributed by atoms with van der Waals surface area (Å²) in [7, 11) is 0. The summed E-state index contributed by atoms with van der Waals surface area (Å²) in [4.78, 5) is 14.6. The molecule has 0 aliphatic rings. The molecule has 0 bridgehead atoms. The SMILES string of the molecule is [2H]c1c([2H])c([2H])c(-n2c3c([2H])c([2H])c([2H])c([2H])c3c3c([2H])c(-c4nc(-c5ccc(-c6ccccc6)cc5)nc(-c5cccc6oc7ccccc7c56)n4)c([2H])c([2H])c32)c([2H])c1[2H]. The van der Waals surface area contributed by atoms with Gasteiger partial charge in [0.1, 0.15) is 11.2 Å². The molecule has 0 aliphatic carbocycles. The van der Waals surface area contributed by atoms with E-state index < -0.39 is 78.2 Å². The molecule has 0 saturated heterocycles. The van der Waals surface area contributed by atoms with Crippen LogP contribution in [0.1, 0.15) is 16.4 Å². The van der Waals surface area contributed by atoms with Crippen LogP contribution in [0.15, 0.2) is 174 Å². The summed E-state index contributed by atoms with van der Waals surface area (Å²) in [5.74, 6) is 0.142. The minimum atomic E-state index is -0.723. The van der Waals surface area contributed by atoms with Crippen LogP contribution in [0.25, 0.3) is 94.7 Å². The number of hydrogen-bond acceptors (Lipinski definition) is 4. The summed E-state index contributed by atoms with van der Waals surface area (Å²) in [6.45, 7) is 0. The molecule has 0 saturated carbocycles. The Kier molecular flexibility index (Phi) is 4.24. The molecule has 0 N–H and O–H groups in total. The van der Waals surface area contributed by atoms with Gasteiger partial charge in [0.15, 0.2) is 17.5 Å². The van der Waals surface area contributed by atoms with E-state index in [0.29, 0.717) is 27.7 Å². The van der Waals surface area contributed by atoms with Gasteiger partial charge in [-0.15, -0.1) is 0 Å². The van der Waals surface area contributed by atoms with E-state index in [2.05, 4.69) is 0 Å². The zero-order chi connectivity index (χ0) is 43.5. The van der Waals surface area contributed by atoms with E-state index in [9.17, 15) is 4.11 Å². The maximum Gasteiger partial charge on any atom is 0.164 e. The highest BCUT2D eigenvalue weighted by Gasteiger charge is 2.19. The first kappa shape index (κ1) is 18.6. The predicted octanol–water partition coefficient (Wildman–Crippen LogP) is 11.5. The minimum Gasteiger partial charge on any atom is -0.456 e. The number of hydrogen-bond donors (Lipinski definition) is 0. The van der Waals surface area contributed by atoms with E-state index in [0.717, 1.165) is 21.1 Å². The molecular formula is C45H28N4O. The molecule has 10 rings (SSSR count). The molecule has 0 spiro atoms. The molecule has 5 nitrogen and oxygen atoms in total. The maximum atomic E-state index is 9.79. The Morgan fingerprint density at radius 2 is 1.12 bits per heavy atom. The quantitative estimate of drug-likeness (QED) is 0.186. The highest BCUT2D eigenvalue weighted by molar-refractivity contribution is 6.12. The fraction of sp³-hybridized carbons (Fsp3) is 0. The minimum absolute atomic E-state index is 0.156. The first-order chi connectivity index (χ1) is 29.8. The van der Waals surface area contributed by atoms with Gasteiger partial charge in [-0.05, 0) is 59.5 Å². The molecule has 7 aromatic carbocycles. The second kappa shape index (κ2) is 11.4. The van der Waals surface area contributed by atoms with Crippen LogP contribution in [0.3, 0.4) is 0 Å². The van der Waals surface area contributed by atoms with Crippen molar-refractivity contribution in [3.05, 3.63) is 170 Å². The molecule has 0 fully saturated rings. The molecule has 10 aromatic rings. The fourth-order valence-corrected chi connectivity index (χ4v) is 6.35. The summed E-state index contributed by atoms with van der Waals surface area (Å²) in [5.41, 5.74) is 2.80. The number of nitrogens with zero attached hydrogens (tertiary/aromatic N) is 4. The third-order valence-electron chi connectivity index (χ3n) is 8.62. The van der Waals surface area contributed by atoms with Crippen LogP contribution >= 0.6 is 0 Å². The van der Waals surface area contributed by atoms with Gasteiger partial charge < -0.3 is 8.98 Å². The first-order valence-electron chi connectivity index (χ1n) is 21.7. The topological polar surface area (TPSA) is 56.7 Å². The standard InChI is InChI=1S/C45H28N4O/c1-3-12-29(13-4-1)30-22-24-31(25-23-30)43-46-44(48-45(47-43)36-18-11-21-41-42(36)35-17-8-10-20-40(35)50-41)32-26-27-39-37(28-32)34-16-7-9-19-38(34)49(39)33-14-5-2-6-15-33/h1-28H/i2D,5D,6D,7D,9D,14D,15D,16D,19D,26D,27D,28D. The number of furan rings is 1. The van der Waals surface area contributed by atoms with Gasteiger partial charge in [0, 0.05) is 43.9 Å². The number of aromatic nitrogens is 4. The second-order valence-corrected chi connectivity index (χ2v) is 11.5.